The van der Waals surface area contributed by atoms with Gasteiger partial charge in [-0.1, -0.05) is 25.3 Å². The molecular weight excluding hydrogens is 344 g/mol. The van der Waals surface area contributed by atoms with Gasteiger partial charge in [0.1, 0.15) is 5.01 Å². The Morgan fingerprint density at radius 3 is 2.64 bits per heavy atom. The van der Waals surface area contributed by atoms with E-state index in [0.29, 0.717) is 0 Å². The molecule has 3 heterocycles. The molecule has 0 unspecified atom stereocenters. The molecule has 1 aliphatic heterocycles. The van der Waals surface area contributed by atoms with Crippen molar-refractivity contribution in [2.45, 2.75) is 50.5 Å². The summed E-state index contributed by atoms with van der Waals surface area (Å²) in [5, 5.41) is 4.70. The van der Waals surface area contributed by atoms with Gasteiger partial charge in [-0.15, -0.1) is 22.7 Å². The van der Waals surface area contributed by atoms with Crippen molar-refractivity contribution in [1.82, 2.24) is 9.88 Å². The summed E-state index contributed by atoms with van der Waals surface area (Å²) in [7, 11) is 0. The van der Waals surface area contributed by atoms with Crippen LogP contribution in [0.25, 0.3) is 20.7 Å². The van der Waals surface area contributed by atoms with Gasteiger partial charge in [0.25, 0.3) is 0 Å². The van der Waals surface area contributed by atoms with Crippen LogP contribution in [-0.2, 0) is 5.54 Å². The van der Waals surface area contributed by atoms with Crippen LogP contribution >= 0.6 is 22.7 Å². The molecule has 0 spiro atoms. The van der Waals surface area contributed by atoms with Gasteiger partial charge in [-0.05, 0) is 67.7 Å². The highest BCUT2D eigenvalue weighted by molar-refractivity contribution is 7.17. The highest BCUT2D eigenvalue weighted by Crippen LogP contribution is 2.47. The maximum absolute atomic E-state index is 4.86. The van der Waals surface area contributed by atoms with Crippen LogP contribution in [0.1, 0.15) is 49.8 Å². The molecule has 4 heteroatoms. The van der Waals surface area contributed by atoms with Crippen molar-refractivity contribution in [3.8, 4) is 10.6 Å². The second-order valence-corrected chi connectivity index (χ2v) is 9.47. The van der Waals surface area contributed by atoms with Crippen LogP contribution in [0.15, 0.2) is 35.8 Å². The summed E-state index contributed by atoms with van der Waals surface area (Å²) < 4.78 is 1.36. The Balaban J connectivity index is 1.53. The van der Waals surface area contributed by atoms with Gasteiger partial charge in [-0.25, -0.2) is 4.98 Å². The van der Waals surface area contributed by atoms with Crippen molar-refractivity contribution < 1.29 is 0 Å². The lowest BCUT2D eigenvalue weighted by atomic mass is 9.79. The summed E-state index contributed by atoms with van der Waals surface area (Å²) in [5.41, 5.74) is 1.55. The molecule has 0 radical (unpaired) electrons. The van der Waals surface area contributed by atoms with Gasteiger partial charge in [-0.2, -0.15) is 0 Å². The molecule has 0 atom stereocenters. The first-order chi connectivity index (χ1) is 12.4. The van der Waals surface area contributed by atoms with E-state index in [1.54, 1.807) is 0 Å². The number of thiophene rings is 1. The Labute approximate surface area is 157 Å². The van der Waals surface area contributed by atoms with E-state index in [1.165, 1.54) is 83.6 Å². The van der Waals surface area contributed by atoms with E-state index >= 15 is 0 Å². The Morgan fingerprint density at radius 1 is 0.960 bits per heavy atom. The van der Waals surface area contributed by atoms with E-state index in [0.717, 1.165) is 0 Å². The Bertz CT molecular complexity index is 867. The highest BCUT2D eigenvalue weighted by atomic mass is 32.1. The molecule has 2 nitrogen and oxygen atoms in total. The number of thiazole rings is 1. The van der Waals surface area contributed by atoms with E-state index in [-0.39, 0.29) is 5.54 Å². The van der Waals surface area contributed by atoms with E-state index in [9.17, 15) is 0 Å². The maximum Gasteiger partial charge on any atom is 0.123 e. The maximum atomic E-state index is 4.86. The predicted molar refractivity (Wildman–Crippen MR) is 109 cm³/mol. The number of nitrogens with zero attached hydrogens (tertiary/aromatic N) is 2. The molecule has 3 aromatic rings. The van der Waals surface area contributed by atoms with E-state index < -0.39 is 0 Å². The van der Waals surface area contributed by atoms with Crippen LogP contribution in [0.4, 0.5) is 0 Å². The summed E-state index contributed by atoms with van der Waals surface area (Å²) in [6, 6.07) is 9.00. The van der Waals surface area contributed by atoms with Crippen molar-refractivity contribution in [3.05, 3.63) is 40.7 Å². The summed E-state index contributed by atoms with van der Waals surface area (Å²) in [5.74, 6) is 0. The highest BCUT2D eigenvalue weighted by Gasteiger charge is 2.42. The van der Waals surface area contributed by atoms with Crippen LogP contribution in [0.3, 0.4) is 0 Å². The number of rotatable bonds is 3. The number of likely N-dealkylation sites (tertiary alicyclic amines) is 1. The minimum atomic E-state index is 0.275. The number of benzene rings is 1. The van der Waals surface area contributed by atoms with Gasteiger partial charge in [0.05, 0.1) is 5.54 Å². The van der Waals surface area contributed by atoms with Gasteiger partial charge in [0.2, 0.25) is 0 Å². The molecule has 25 heavy (non-hydrogen) atoms. The molecule has 1 aromatic carbocycles. The molecule has 5 rings (SSSR count). The summed E-state index contributed by atoms with van der Waals surface area (Å²) in [6.45, 7) is 2.54. The van der Waals surface area contributed by atoms with Crippen molar-refractivity contribution in [2.75, 3.05) is 13.1 Å². The van der Waals surface area contributed by atoms with Crippen LogP contribution in [0, 0.1) is 0 Å². The number of fused-ring (bicyclic) bond motifs is 1. The third-order valence-corrected chi connectivity index (χ3v) is 8.19. The Hall–Kier alpha value is -1.23. The average Bonchev–Trinajstić information content (AvgIpc) is 3.43. The van der Waals surface area contributed by atoms with Gasteiger partial charge < -0.3 is 0 Å². The standard InChI is InChI=1S/C21H24N2S2/c1-2-9-21(10-3-1,23-11-4-5-12-23)19-15-22-20(25-19)17-6-7-18-16(14-17)8-13-24-18/h6-8,13-15H,1-5,9-12H2. The van der Waals surface area contributed by atoms with E-state index in [4.69, 9.17) is 4.98 Å². The predicted octanol–water partition coefficient (Wildman–Crippen LogP) is 6.28. The fraction of sp³-hybridized carbons (Fsp3) is 0.476. The summed E-state index contributed by atoms with van der Waals surface area (Å²) in [6.07, 6.45) is 11.7. The normalized spacial score (nSPS) is 21.1. The summed E-state index contributed by atoms with van der Waals surface area (Å²) >= 11 is 3.75. The second-order valence-electron chi connectivity index (χ2n) is 7.49. The molecule has 130 valence electrons. The van der Waals surface area contributed by atoms with Crippen molar-refractivity contribution in [1.29, 1.82) is 0 Å². The fourth-order valence-electron chi connectivity index (χ4n) is 4.72. The zero-order valence-electron chi connectivity index (χ0n) is 14.5. The molecule has 2 aliphatic rings. The lowest BCUT2D eigenvalue weighted by molar-refractivity contribution is 0.0739. The first-order valence-electron chi connectivity index (χ1n) is 9.54. The first-order valence-corrected chi connectivity index (χ1v) is 11.2. The Kier molecular flexibility index (Phi) is 4.15. The minimum absolute atomic E-state index is 0.275. The first kappa shape index (κ1) is 16.0. The fourth-order valence-corrected chi connectivity index (χ4v) is 6.68. The Morgan fingerprint density at radius 2 is 1.80 bits per heavy atom. The lowest BCUT2D eigenvalue weighted by Crippen LogP contribution is -2.45. The number of aromatic nitrogens is 1. The third-order valence-electron chi connectivity index (χ3n) is 6.06. The molecule has 0 amide bonds. The quantitative estimate of drug-likeness (QED) is 0.541. The van der Waals surface area contributed by atoms with Crippen molar-refractivity contribution in [2.24, 2.45) is 0 Å². The SMILES string of the molecule is c1cc2cc(-c3ncc(C4(N5CCCC5)CCCCC4)s3)ccc2s1. The van der Waals surface area contributed by atoms with Crippen LogP contribution in [-0.4, -0.2) is 23.0 Å². The van der Waals surface area contributed by atoms with Crippen LogP contribution < -0.4 is 0 Å². The molecular formula is C21H24N2S2. The van der Waals surface area contributed by atoms with Gasteiger partial charge >= 0.3 is 0 Å². The zero-order valence-corrected chi connectivity index (χ0v) is 16.2. The van der Waals surface area contributed by atoms with Gasteiger partial charge in [-0.3, -0.25) is 4.90 Å². The van der Waals surface area contributed by atoms with Crippen LogP contribution in [0.5, 0.6) is 0 Å². The topological polar surface area (TPSA) is 16.1 Å². The zero-order chi connectivity index (χ0) is 16.7. The smallest absolute Gasteiger partial charge is 0.123 e. The number of hydrogen-bond donors (Lipinski definition) is 0. The molecule has 1 saturated heterocycles. The van der Waals surface area contributed by atoms with Gasteiger partial charge in [0, 0.05) is 21.3 Å². The van der Waals surface area contributed by atoms with Crippen molar-refractivity contribution in [3.63, 3.8) is 0 Å². The second kappa shape index (κ2) is 6.49. The number of hydrogen-bond acceptors (Lipinski definition) is 4. The monoisotopic (exact) mass is 368 g/mol. The molecule has 1 saturated carbocycles. The molecule has 1 aliphatic carbocycles. The van der Waals surface area contributed by atoms with E-state index in [1.807, 2.05) is 22.7 Å². The average molecular weight is 369 g/mol. The molecule has 0 bridgehead atoms. The van der Waals surface area contributed by atoms with Gasteiger partial charge in [0.15, 0.2) is 0 Å². The van der Waals surface area contributed by atoms with Crippen LogP contribution in [0.2, 0.25) is 0 Å². The third kappa shape index (κ3) is 2.75. The lowest BCUT2D eigenvalue weighted by Gasteiger charge is -2.44. The molecule has 2 fully saturated rings. The molecule has 2 aromatic heterocycles. The largest absolute Gasteiger partial charge is 0.293 e. The van der Waals surface area contributed by atoms with Crippen molar-refractivity contribution >= 4 is 32.8 Å². The minimum Gasteiger partial charge on any atom is -0.293 e. The molecule has 0 N–H and O–H groups in total. The summed E-state index contributed by atoms with van der Waals surface area (Å²) in [4.78, 5) is 9.16. The van der Waals surface area contributed by atoms with E-state index in [2.05, 4.69) is 40.7 Å².